The molecule has 51 heavy (non-hydrogen) atoms. The Labute approximate surface area is 308 Å². The van der Waals surface area contributed by atoms with E-state index in [1.54, 1.807) is 12.1 Å². The van der Waals surface area contributed by atoms with E-state index in [9.17, 15) is 18.0 Å². The third-order valence-electron chi connectivity index (χ3n) is 8.22. The number of sulfonamides is 1. The molecule has 0 radical (unpaired) electrons. The SMILES string of the molecule is CCCCNC(=O)[C@@H](Cc1ccccc1)N(Cc1cccc(Br)c1)C(=O)CN(c1cc(OC)ccc1OC)S(=O)(=O)c1ccc(OC)c(OC)c1. The van der Waals surface area contributed by atoms with Gasteiger partial charge < -0.3 is 29.2 Å². The lowest BCUT2D eigenvalue weighted by Gasteiger charge is -2.34. The maximum absolute atomic E-state index is 14.8. The van der Waals surface area contributed by atoms with Crippen molar-refractivity contribution in [3.05, 3.63) is 107 Å². The topological polar surface area (TPSA) is 124 Å². The van der Waals surface area contributed by atoms with E-state index in [0.29, 0.717) is 18.0 Å². The number of carbonyl (C=O) groups is 2. The van der Waals surface area contributed by atoms with E-state index in [1.807, 2.05) is 61.5 Å². The Morgan fingerprint density at radius 1 is 0.784 bits per heavy atom. The molecule has 2 amide bonds. The van der Waals surface area contributed by atoms with Crippen LogP contribution in [0.1, 0.15) is 30.9 Å². The number of anilines is 1. The van der Waals surface area contributed by atoms with E-state index >= 15 is 0 Å². The quantitative estimate of drug-likeness (QED) is 0.118. The molecule has 11 nitrogen and oxygen atoms in total. The molecule has 13 heteroatoms. The van der Waals surface area contributed by atoms with Crippen molar-refractivity contribution in [2.75, 3.05) is 45.8 Å². The minimum Gasteiger partial charge on any atom is -0.497 e. The molecule has 0 aliphatic heterocycles. The molecule has 0 aliphatic rings. The summed E-state index contributed by atoms with van der Waals surface area (Å²) in [5.74, 6) is 0.0826. The van der Waals surface area contributed by atoms with Gasteiger partial charge in [0.15, 0.2) is 11.5 Å². The summed E-state index contributed by atoms with van der Waals surface area (Å²) in [5.41, 5.74) is 1.64. The van der Waals surface area contributed by atoms with Crippen molar-refractivity contribution in [1.82, 2.24) is 10.2 Å². The van der Waals surface area contributed by atoms with Crippen LogP contribution in [0.25, 0.3) is 0 Å². The van der Waals surface area contributed by atoms with Crippen molar-refractivity contribution in [1.29, 1.82) is 0 Å². The number of benzene rings is 4. The molecule has 4 rings (SSSR count). The molecule has 0 saturated carbocycles. The Bertz CT molecular complexity index is 1890. The molecule has 0 spiro atoms. The van der Waals surface area contributed by atoms with Gasteiger partial charge in [-0.1, -0.05) is 71.7 Å². The summed E-state index contributed by atoms with van der Waals surface area (Å²) in [4.78, 5) is 30.1. The van der Waals surface area contributed by atoms with Crippen LogP contribution < -0.4 is 28.6 Å². The smallest absolute Gasteiger partial charge is 0.265 e. The van der Waals surface area contributed by atoms with Crippen LogP contribution in [-0.2, 0) is 32.6 Å². The zero-order chi connectivity index (χ0) is 37.0. The van der Waals surface area contributed by atoms with E-state index in [-0.39, 0.29) is 41.0 Å². The van der Waals surface area contributed by atoms with Crippen molar-refractivity contribution in [2.45, 2.75) is 43.7 Å². The fourth-order valence-corrected chi connectivity index (χ4v) is 7.38. The molecule has 4 aromatic rings. The molecule has 4 aromatic carbocycles. The van der Waals surface area contributed by atoms with E-state index in [1.165, 1.54) is 57.6 Å². The van der Waals surface area contributed by atoms with Crippen molar-refractivity contribution in [2.24, 2.45) is 0 Å². The zero-order valence-corrected chi connectivity index (χ0v) is 31.8. The summed E-state index contributed by atoms with van der Waals surface area (Å²) in [6.07, 6.45) is 1.83. The molecular weight excluding hydrogens is 738 g/mol. The number of methoxy groups -OCH3 is 4. The molecular formula is C38H44BrN3O8S. The Kier molecular flexibility index (Phi) is 14.1. The average Bonchev–Trinajstić information content (AvgIpc) is 3.14. The van der Waals surface area contributed by atoms with Crippen molar-refractivity contribution in [3.8, 4) is 23.0 Å². The van der Waals surface area contributed by atoms with E-state index in [4.69, 9.17) is 18.9 Å². The number of hydrogen-bond acceptors (Lipinski definition) is 8. The number of unbranched alkanes of at least 4 members (excludes halogenated alkanes) is 1. The van der Waals surface area contributed by atoms with Gasteiger partial charge >= 0.3 is 0 Å². The summed E-state index contributed by atoms with van der Waals surface area (Å²) in [6, 6.07) is 24.7. The fraction of sp³-hybridized carbons (Fsp3) is 0.316. The molecule has 0 fully saturated rings. The van der Waals surface area contributed by atoms with Crippen molar-refractivity contribution >= 4 is 43.5 Å². The molecule has 0 saturated heterocycles. The van der Waals surface area contributed by atoms with Crippen LogP contribution in [0.15, 0.2) is 100 Å². The predicted octanol–water partition coefficient (Wildman–Crippen LogP) is 6.24. The number of nitrogens with zero attached hydrogens (tertiary/aromatic N) is 2. The summed E-state index contributed by atoms with van der Waals surface area (Å²) in [7, 11) is 1.22. The summed E-state index contributed by atoms with van der Waals surface area (Å²) in [6.45, 7) is 1.80. The fourth-order valence-electron chi connectivity index (χ4n) is 5.50. The van der Waals surface area contributed by atoms with E-state index < -0.39 is 28.5 Å². The van der Waals surface area contributed by atoms with Crippen LogP contribution >= 0.6 is 15.9 Å². The number of nitrogens with one attached hydrogen (secondary N) is 1. The molecule has 0 aromatic heterocycles. The molecule has 272 valence electrons. The van der Waals surface area contributed by atoms with Gasteiger partial charge in [-0.05, 0) is 53.9 Å². The van der Waals surface area contributed by atoms with Gasteiger partial charge in [0.2, 0.25) is 11.8 Å². The number of amides is 2. The van der Waals surface area contributed by atoms with Gasteiger partial charge in [-0.25, -0.2) is 8.42 Å². The Balaban J connectivity index is 1.89. The standard InChI is InChI=1S/C38H44BrN3O8S/c1-6-7-20-40-38(44)33(22-27-12-9-8-10-13-27)41(25-28-14-11-15-29(39)21-28)37(43)26-42(32-23-30(47-2)16-18-34(32)48-3)51(45,46)31-17-19-35(49-4)36(24-31)50-5/h8-19,21,23-24,33H,6-7,20,22,25-26H2,1-5H3,(H,40,44)/t33-/m1/s1. The first-order valence-electron chi connectivity index (χ1n) is 16.4. The van der Waals surface area contributed by atoms with Crippen molar-refractivity contribution in [3.63, 3.8) is 0 Å². The second-order valence-electron chi connectivity index (χ2n) is 11.6. The van der Waals surface area contributed by atoms with Crippen LogP contribution in [0.2, 0.25) is 0 Å². The van der Waals surface area contributed by atoms with Crippen LogP contribution in [0.3, 0.4) is 0 Å². The minimum absolute atomic E-state index is 0.0243. The van der Waals surface area contributed by atoms with E-state index in [2.05, 4.69) is 21.2 Å². The normalized spacial score (nSPS) is 11.6. The lowest BCUT2D eigenvalue weighted by molar-refractivity contribution is -0.140. The Hall–Kier alpha value is -4.75. The molecule has 0 unspecified atom stereocenters. The highest BCUT2D eigenvalue weighted by Crippen LogP contribution is 2.38. The molecule has 1 N–H and O–H groups in total. The summed E-state index contributed by atoms with van der Waals surface area (Å²) < 4.78 is 52.9. The number of ether oxygens (including phenoxy) is 4. The first-order chi connectivity index (χ1) is 24.6. The lowest BCUT2D eigenvalue weighted by Crippen LogP contribution is -2.53. The van der Waals surface area contributed by atoms with Crippen LogP contribution in [0.5, 0.6) is 23.0 Å². The zero-order valence-electron chi connectivity index (χ0n) is 29.4. The maximum Gasteiger partial charge on any atom is 0.265 e. The highest BCUT2D eigenvalue weighted by atomic mass is 79.9. The van der Waals surface area contributed by atoms with Gasteiger partial charge in [0.05, 0.1) is 39.0 Å². The van der Waals surface area contributed by atoms with Gasteiger partial charge in [-0.3, -0.25) is 13.9 Å². The monoisotopic (exact) mass is 781 g/mol. The summed E-state index contributed by atoms with van der Waals surface area (Å²) in [5, 5.41) is 3.00. The first-order valence-corrected chi connectivity index (χ1v) is 18.6. The Morgan fingerprint density at radius 3 is 2.12 bits per heavy atom. The van der Waals surface area contributed by atoms with Crippen molar-refractivity contribution < 1.29 is 37.0 Å². The third kappa shape index (κ3) is 9.95. The van der Waals surface area contributed by atoms with Crippen LogP contribution in [-0.4, -0.2) is 72.7 Å². The largest absolute Gasteiger partial charge is 0.497 e. The highest BCUT2D eigenvalue weighted by Gasteiger charge is 2.36. The minimum atomic E-state index is -4.49. The van der Waals surface area contributed by atoms with Gasteiger partial charge in [0, 0.05) is 36.1 Å². The van der Waals surface area contributed by atoms with Gasteiger partial charge in [-0.2, -0.15) is 0 Å². The Morgan fingerprint density at radius 2 is 1.47 bits per heavy atom. The second-order valence-corrected chi connectivity index (χ2v) is 14.3. The molecule has 1 atom stereocenters. The third-order valence-corrected chi connectivity index (χ3v) is 10.5. The van der Waals surface area contributed by atoms with Gasteiger partial charge in [-0.15, -0.1) is 0 Å². The maximum atomic E-state index is 14.8. The number of carbonyl (C=O) groups excluding carboxylic acids is 2. The summed E-state index contributed by atoms with van der Waals surface area (Å²) >= 11 is 3.51. The molecule has 0 bridgehead atoms. The number of hydrogen-bond donors (Lipinski definition) is 1. The molecule has 0 heterocycles. The average molecular weight is 783 g/mol. The first kappa shape index (κ1) is 39.0. The highest BCUT2D eigenvalue weighted by molar-refractivity contribution is 9.10. The lowest BCUT2D eigenvalue weighted by atomic mass is 10.0. The van der Waals surface area contributed by atoms with Gasteiger partial charge in [0.1, 0.15) is 24.1 Å². The van der Waals surface area contributed by atoms with Crippen LogP contribution in [0, 0.1) is 0 Å². The molecule has 0 aliphatic carbocycles. The second kappa shape index (κ2) is 18.5. The number of rotatable bonds is 18. The van der Waals surface area contributed by atoms with Crippen LogP contribution in [0.4, 0.5) is 5.69 Å². The van der Waals surface area contributed by atoms with Gasteiger partial charge in [0.25, 0.3) is 10.0 Å². The number of halogens is 1. The predicted molar refractivity (Wildman–Crippen MR) is 200 cm³/mol. The van der Waals surface area contributed by atoms with E-state index in [0.717, 1.165) is 32.7 Å².